The highest BCUT2D eigenvalue weighted by Crippen LogP contribution is 1.84. The molecule has 6 heavy (non-hydrogen) atoms. The third-order valence-corrected chi connectivity index (χ3v) is 0.655. The molecule has 0 aliphatic heterocycles. The summed E-state index contributed by atoms with van der Waals surface area (Å²) in [7, 11) is 1.84. The van der Waals surface area contributed by atoms with Gasteiger partial charge in [0.2, 0.25) is 0 Å². The van der Waals surface area contributed by atoms with E-state index >= 15 is 0 Å². The van der Waals surface area contributed by atoms with E-state index in [2.05, 4.69) is 18.8 Å². The van der Waals surface area contributed by atoms with Crippen LogP contribution in [0.25, 0.3) is 0 Å². The molecular formula is C5H10N. The van der Waals surface area contributed by atoms with Crippen LogP contribution in [0.4, 0.5) is 0 Å². The molecule has 1 radical (unpaired) electrons. The van der Waals surface area contributed by atoms with Crippen LogP contribution in [0.5, 0.6) is 0 Å². The summed E-state index contributed by atoms with van der Waals surface area (Å²) in [5, 5.41) is 2.86. The third-order valence-electron chi connectivity index (χ3n) is 0.655. The van der Waals surface area contributed by atoms with Gasteiger partial charge in [-0.15, -0.1) is 0 Å². The predicted molar refractivity (Wildman–Crippen MR) is 28.2 cm³/mol. The van der Waals surface area contributed by atoms with E-state index < -0.39 is 0 Å². The van der Waals surface area contributed by atoms with Crippen LogP contribution >= 0.6 is 0 Å². The van der Waals surface area contributed by atoms with Gasteiger partial charge in [-0.05, 0) is 13.3 Å². The highest BCUT2D eigenvalue weighted by atomic mass is 14.8. The molecule has 0 amide bonds. The quantitative estimate of drug-likeness (QED) is 0.525. The SMILES string of the molecule is [CH2]CC(=C)NC. The second kappa shape index (κ2) is 2.76. The topological polar surface area (TPSA) is 12.0 Å². The van der Waals surface area contributed by atoms with E-state index in [1.165, 1.54) is 0 Å². The standard InChI is InChI=1S/C5H10N/c1-4-5(2)6-3/h6H,1-2,4H2,3H3. The molecule has 0 spiro atoms. The molecule has 0 atom stereocenters. The van der Waals surface area contributed by atoms with Gasteiger partial charge >= 0.3 is 0 Å². The highest BCUT2D eigenvalue weighted by molar-refractivity contribution is 4.89. The van der Waals surface area contributed by atoms with Crippen LogP contribution in [-0.4, -0.2) is 7.05 Å². The minimum absolute atomic E-state index is 0.774. The summed E-state index contributed by atoms with van der Waals surface area (Å²) < 4.78 is 0. The molecule has 35 valence electrons. The largest absolute Gasteiger partial charge is 0.392 e. The Morgan fingerprint density at radius 2 is 2.33 bits per heavy atom. The molecule has 0 aromatic carbocycles. The lowest BCUT2D eigenvalue weighted by molar-refractivity contribution is 0.946. The maximum Gasteiger partial charge on any atom is 0.00310 e. The molecule has 0 aromatic heterocycles. The third kappa shape index (κ3) is 1.82. The zero-order valence-corrected chi connectivity index (χ0v) is 4.12. The minimum atomic E-state index is 0.774. The van der Waals surface area contributed by atoms with Crippen molar-refractivity contribution in [2.45, 2.75) is 6.42 Å². The lowest BCUT2D eigenvalue weighted by Crippen LogP contribution is -2.01. The molecule has 1 heteroatoms. The molecule has 0 fully saturated rings. The molecule has 0 aliphatic carbocycles. The van der Waals surface area contributed by atoms with Crippen molar-refractivity contribution in [3.8, 4) is 0 Å². The summed E-state index contributed by atoms with van der Waals surface area (Å²) in [4.78, 5) is 0. The highest BCUT2D eigenvalue weighted by Gasteiger charge is 1.75. The van der Waals surface area contributed by atoms with E-state index in [0.29, 0.717) is 0 Å². The molecule has 0 aromatic rings. The van der Waals surface area contributed by atoms with Crippen LogP contribution in [0, 0.1) is 6.92 Å². The predicted octanol–water partition coefficient (Wildman–Crippen LogP) is 0.944. The molecule has 1 N–H and O–H groups in total. The van der Waals surface area contributed by atoms with Gasteiger partial charge in [0.25, 0.3) is 0 Å². The molecule has 0 bridgehead atoms. The average molecular weight is 84.1 g/mol. The van der Waals surface area contributed by atoms with Crippen LogP contribution in [0.15, 0.2) is 12.3 Å². The van der Waals surface area contributed by atoms with Crippen molar-refractivity contribution >= 4 is 0 Å². The summed E-state index contributed by atoms with van der Waals surface area (Å²) >= 11 is 0. The summed E-state index contributed by atoms with van der Waals surface area (Å²) in [6.45, 7) is 7.21. The zero-order chi connectivity index (χ0) is 4.99. The molecule has 1 nitrogen and oxygen atoms in total. The molecule has 0 unspecified atom stereocenters. The summed E-state index contributed by atoms with van der Waals surface area (Å²) in [6, 6.07) is 0. The Labute approximate surface area is 39.1 Å². The van der Waals surface area contributed by atoms with E-state index in [0.717, 1.165) is 12.1 Å². The van der Waals surface area contributed by atoms with Gasteiger partial charge < -0.3 is 5.32 Å². The van der Waals surface area contributed by atoms with Crippen molar-refractivity contribution in [3.05, 3.63) is 19.2 Å². The smallest absolute Gasteiger partial charge is 0.00310 e. The van der Waals surface area contributed by atoms with Gasteiger partial charge in [0.05, 0.1) is 0 Å². The first-order valence-corrected chi connectivity index (χ1v) is 1.96. The van der Waals surface area contributed by atoms with Gasteiger partial charge in [-0.1, -0.05) is 6.58 Å². The fraction of sp³-hybridized carbons (Fsp3) is 0.400. The summed E-state index contributed by atoms with van der Waals surface area (Å²) in [5.41, 5.74) is 0.981. The number of rotatable bonds is 2. The fourth-order valence-corrected chi connectivity index (χ4v) is 0.125. The Hall–Kier alpha value is -0.460. The van der Waals surface area contributed by atoms with Gasteiger partial charge in [0, 0.05) is 12.7 Å². The van der Waals surface area contributed by atoms with E-state index in [1.807, 2.05) is 7.05 Å². The van der Waals surface area contributed by atoms with E-state index in [-0.39, 0.29) is 0 Å². The van der Waals surface area contributed by atoms with Crippen LogP contribution in [0.3, 0.4) is 0 Å². The molecule has 0 saturated carbocycles. The van der Waals surface area contributed by atoms with Crippen LogP contribution in [0.1, 0.15) is 6.42 Å². The number of allylic oxidation sites excluding steroid dienone is 1. The van der Waals surface area contributed by atoms with Crippen molar-refractivity contribution < 1.29 is 0 Å². The summed E-state index contributed by atoms with van der Waals surface area (Å²) in [5.74, 6) is 0. The summed E-state index contributed by atoms with van der Waals surface area (Å²) in [6.07, 6.45) is 0.774. The van der Waals surface area contributed by atoms with Crippen molar-refractivity contribution in [3.63, 3.8) is 0 Å². The first-order valence-electron chi connectivity index (χ1n) is 1.96. The molecule has 0 rings (SSSR count). The number of hydrogen-bond donors (Lipinski definition) is 1. The Morgan fingerprint density at radius 3 is 2.33 bits per heavy atom. The first-order chi connectivity index (χ1) is 2.81. The molecule has 0 heterocycles. The Kier molecular flexibility index (Phi) is 2.55. The van der Waals surface area contributed by atoms with Crippen molar-refractivity contribution in [2.24, 2.45) is 0 Å². The molecule has 0 aliphatic rings. The van der Waals surface area contributed by atoms with Crippen molar-refractivity contribution in [1.82, 2.24) is 5.32 Å². The number of hydrogen-bond acceptors (Lipinski definition) is 1. The van der Waals surface area contributed by atoms with E-state index in [4.69, 9.17) is 0 Å². The van der Waals surface area contributed by atoms with Gasteiger partial charge in [-0.3, -0.25) is 0 Å². The normalized spacial score (nSPS) is 7.67. The maximum absolute atomic E-state index is 3.62. The Balaban J connectivity index is 2.99. The van der Waals surface area contributed by atoms with Gasteiger partial charge in [0.15, 0.2) is 0 Å². The zero-order valence-electron chi connectivity index (χ0n) is 4.12. The fourth-order valence-electron chi connectivity index (χ4n) is 0.125. The lowest BCUT2D eigenvalue weighted by Gasteiger charge is -1.94. The van der Waals surface area contributed by atoms with Gasteiger partial charge in [0.1, 0.15) is 0 Å². The van der Waals surface area contributed by atoms with E-state index in [9.17, 15) is 0 Å². The monoisotopic (exact) mass is 84.1 g/mol. The van der Waals surface area contributed by atoms with E-state index in [1.54, 1.807) is 0 Å². The second-order valence-corrected chi connectivity index (χ2v) is 1.10. The van der Waals surface area contributed by atoms with Gasteiger partial charge in [-0.25, -0.2) is 0 Å². The van der Waals surface area contributed by atoms with Gasteiger partial charge in [-0.2, -0.15) is 0 Å². The van der Waals surface area contributed by atoms with Crippen LogP contribution in [-0.2, 0) is 0 Å². The second-order valence-electron chi connectivity index (χ2n) is 1.10. The van der Waals surface area contributed by atoms with Crippen molar-refractivity contribution in [2.75, 3.05) is 7.05 Å². The molecular weight excluding hydrogens is 74.1 g/mol. The number of nitrogens with one attached hydrogen (secondary N) is 1. The average Bonchev–Trinajstić information content (AvgIpc) is 1.65. The Morgan fingerprint density at radius 1 is 1.83 bits per heavy atom. The first kappa shape index (κ1) is 5.54. The Bertz CT molecular complexity index is 41.9. The minimum Gasteiger partial charge on any atom is -0.392 e. The van der Waals surface area contributed by atoms with Crippen LogP contribution in [0.2, 0.25) is 0 Å². The lowest BCUT2D eigenvalue weighted by atomic mass is 10.4. The van der Waals surface area contributed by atoms with Crippen molar-refractivity contribution in [1.29, 1.82) is 0 Å². The van der Waals surface area contributed by atoms with Crippen LogP contribution < -0.4 is 5.32 Å². The maximum atomic E-state index is 3.62. The molecule has 0 saturated heterocycles.